The van der Waals surface area contributed by atoms with Crippen LogP contribution in [0.5, 0.6) is 0 Å². The summed E-state index contributed by atoms with van der Waals surface area (Å²) in [5.41, 5.74) is 0. The molecule has 2 unspecified atom stereocenters. The maximum Gasteiger partial charge on any atom is 0.244 e. The molecular formula is C9H15ClN2O2. The van der Waals surface area contributed by atoms with E-state index in [1.54, 1.807) is 6.92 Å². The number of hydrogen-bond acceptors (Lipinski definition) is 4. The average Bonchev–Trinajstić information content (AvgIpc) is 2.63. The van der Waals surface area contributed by atoms with Gasteiger partial charge in [0.25, 0.3) is 0 Å². The zero-order valence-corrected chi connectivity index (χ0v) is 9.41. The summed E-state index contributed by atoms with van der Waals surface area (Å²) in [6.45, 7) is 6.38. The predicted molar refractivity (Wildman–Crippen MR) is 53.2 cm³/mol. The second-order valence-electron chi connectivity index (χ2n) is 2.96. The summed E-state index contributed by atoms with van der Waals surface area (Å²) in [6, 6.07) is 0. The molecular weight excluding hydrogens is 204 g/mol. The van der Waals surface area contributed by atoms with Crippen molar-refractivity contribution in [1.29, 1.82) is 0 Å². The van der Waals surface area contributed by atoms with Crippen LogP contribution in [0.1, 0.15) is 50.4 Å². The Bertz CT molecular complexity index is 276. The molecule has 5 heteroatoms. The molecule has 0 N–H and O–H groups in total. The number of nitrogens with zero attached hydrogens (tertiary/aromatic N) is 2. The lowest BCUT2D eigenvalue weighted by atomic mass is 10.2. The Morgan fingerprint density at radius 3 is 2.64 bits per heavy atom. The van der Waals surface area contributed by atoms with E-state index in [2.05, 4.69) is 10.1 Å². The van der Waals surface area contributed by atoms with Crippen molar-refractivity contribution in [2.45, 2.75) is 38.7 Å². The summed E-state index contributed by atoms with van der Waals surface area (Å²) in [4.78, 5) is 4.16. The summed E-state index contributed by atoms with van der Waals surface area (Å²) in [7, 11) is 0. The minimum atomic E-state index is -0.254. The van der Waals surface area contributed by atoms with E-state index in [1.165, 1.54) is 0 Å². The van der Waals surface area contributed by atoms with E-state index in [4.69, 9.17) is 20.9 Å². The minimum absolute atomic E-state index is 0.0899. The highest BCUT2D eigenvalue weighted by atomic mass is 35.5. The smallest absolute Gasteiger partial charge is 0.244 e. The van der Waals surface area contributed by atoms with E-state index in [9.17, 15) is 0 Å². The van der Waals surface area contributed by atoms with Crippen molar-refractivity contribution < 1.29 is 9.26 Å². The molecule has 0 aliphatic rings. The molecule has 1 aromatic rings. The van der Waals surface area contributed by atoms with Crippen LogP contribution in [0, 0.1) is 0 Å². The van der Waals surface area contributed by atoms with Crippen molar-refractivity contribution in [3.05, 3.63) is 11.7 Å². The zero-order valence-electron chi connectivity index (χ0n) is 8.66. The molecule has 1 aromatic heterocycles. The SMILES string of the molecule is CCOC(CC)c1noc(C(C)Cl)n1. The van der Waals surface area contributed by atoms with Crippen molar-refractivity contribution in [2.24, 2.45) is 0 Å². The standard InChI is InChI=1S/C9H15ClN2O2/c1-4-7(13-5-2)8-11-9(6(3)10)14-12-8/h6-7H,4-5H2,1-3H3. The lowest BCUT2D eigenvalue weighted by Gasteiger charge is -2.09. The van der Waals surface area contributed by atoms with E-state index in [0.717, 1.165) is 6.42 Å². The molecule has 0 amide bonds. The zero-order chi connectivity index (χ0) is 10.6. The second kappa shape index (κ2) is 5.32. The Morgan fingerprint density at radius 1 is 1.50 bits per heavy atom. The first-order chi connectivity index (χ1) is 6.69. The van der Waals surface area contributed by atoms with Gasteiger partial charge in [-0.2, -0.15) is 4.98 Å². The first-order valence-electron chi connectivity index (χ1n) is 4.78. The van der Waals surface area contributed by atoms with Gasteiger partial charge in [0.2, 0.25) is 11.7 Å². The Kier molecular flexibility index (Phi) is 4.35. The molecule has 1 heterocycles. The van der Waals surface area contributed by atoms with E-state index < -0.39 is 0 Å². The maximum absolute atomic E-state index is 5.80. The highest BCUT2D eigenvalue weighted by Gasteiger charge is 2.18. The van der Waals surface area contributed by atoms with E-state index in [-0.39, 0.29) is 11.5 Å². The third kappa shape index (κ3) is 2.69. The highest BCUT2D eigenvalue weighted by Crippen LogP contribution is 2.22. The van der Waals surface area contributed by atoms with Gasteiger partial charge in [-0.25, -0.2) is 0 Å². The predicted octanol–water partition coefficient (Wildman–Crippen LogP) is 2.86. The first kappa shape index (κ1) is 11.5. The van der Waals surface area contributed by atoms with Gasteiger partial charge in [-0.15, -0.1) is 11.6 Å². The van der Waals surface area contributed by atoms with Gasteiger partial charge in [0.1, 0.15) is 11.5 Å². The van der Waals surface area contributed by atoms with Crippen molar-refractivity contribution in [2.75, 3.05) is 6.61 Å². The van der Waals surface area contributed by atoms with Gasteiger partial charge in [0, 0.05) is 6.61 Å². The number of halogens is 1. The van der Waals surface area contributed by atoms with Crippen molar-refractivity contribution in [3.63, 3.8) is 0 Å². The van der Waals surface area contributed by atoms with E-state index in [0.29, 0.717) is 18.3 Å². The van der Waals surface area contributed by atoms with Crippen molar-refractivity contribution >= 4 is 11.6 Å². The van der Waals surface area contributed by atoms with Crippen LogP contribution in [0.3, 0.4) is 0 Å². The highest BCUT2D eigenvalue weighted by molar-refractivity contribution is 6.20. The third-order valence-corrected chi connectivity index (χ3v) is 2.01. The maximum atomic E-state index is 5.80. The Morgan fingerprint density at radius 2 is 2.21 bits per heavy atom. The van der Waals surface area contributed by atoms with Gasteiger partial charge in [0.05, 0.1) is 0 Å². The largest absolute Gasteiger partial charge is 0.370 e. The van der Waals surface area contributed by atoms with Gasteiger partial charge in [-0.1, -0.05) is 12.1 Å². The monoisotopic (exact) mass is 218 g/mol. The van der Waals surface area contributed by atoms with Gasteiger partial charge in [0.15, 0.2) is 0 Å². The van der Waals surface area contributed by atoms with Crippen molar-refractivity contribution in [1.82, 2.24) is 10.1 Å². The number of ether oxygens (including phenoxy) is 1. The second-order valence-corrected chi connectivity index (χ2v) is 3.61. The molecule has 0 aromatic carbocycles. The van der Waals surface area contributed by atoms with Gasteiger partial charge in [-0.3, -0.25) is 0 Å². The van der Waals surface area contributed by atoms with E-state index >= 15 is 0 Å². The first-order valence-corrected chi connectivity index (χ1v) is 5.21. The molecule has 0 saturated heterocycles. The lowest BCUT2D eigenvalue weighted by Crippen LogP contribution is -2.05. The fraction of sp³-hybridized carbons (Fsp3) is 0.778. The summed E-state index contributed by atoms with van der Waals surface area (Å²) in [6.07, 6.45) is 0.733. The van der Waals surface area contributed by atoms with Crippen LogP contribution in [0.4, 0.5) is 0 Å². The molecule has 2 atom stereocenters. The number of aromatic nitrogens is 2. The molecule has 0 spiro atoms. The molecule has 0 saturated carbocycles. The molecule has 0 fully saturated rings. The lowest BCUT2D eigenvalue weighted by molar-refractivity contribution is 0.0518. The average molecular weight is 219 g/mol. The van der Waals surface area contributed by atoms with Crippen LogP contribution in [-0.2, 0) is 4.74 Å². The molecule has 80 valence electrons. The molecule has 4 nitrogen and oxygen atoms in total. The van der Waals surface area contributed by atoms with Gasteiger partial charge in [-0.05, 0) is 20.3 Å². The summed E-state index contributed by atoms with van der Waals surface area (Å²) < 4.78 is 10.4. The molecule has 14 heavy (non-hydrogen) atoms. The number of rotatable bonds is 5. The summed E-state index contributed by atoms with van der Waals surface area (Å²) in [5, 5.41) is 3.58. The van der Waals surface area contributed by atoms with Crippen LogP contribution < -0.4 is 0 Å². The van der Waals surface area contributed by atoms with Gasteiger partial charge >= 0.3 is 0 Å². The Labute approximate surface area is 88.6 Å². The topological polar surface area (TPSA) is 48.2 Å². The number of hydrogen-bond donors (Lipinski definition) is 0. The van der Waals surface area contributed by atoms with Crippen LogP contribution in [0.2, 0.25) is 0 Å². The summed E-state index contributed by atoms with van der Waals surface area (Å²) in [5.74, 6) is 1.02. The van der Waals surface area contributed by atoms with Crippen LogP contribution in [0.25, 0.3) is 0 Å². The normalized spacial score (nSPS) is 15.4. The fourth-order valence-corrected chi connectivity index (χ4v) is 1.20. The van der Waals surface area contributed by atoms with Gasteiger partial charge < -0.3 is 9.26 Å². The molecule has 1 rings (SSSR count). The fourth-order valence-electron chi connectivity index (χ4n) is 1.12. The Balaban J connectivity index is 2.73. The number of alkyl halides is 1. The quantitative estimate of drug-likeness (QED) is 0.713. The molecule has 0 aliphatic carbocycles. The summed E-state index contributed by atoms with van der Waals surface area (Å²) >= 11 is 5.80. The van der Waals surface area contributed by atoms with Crippen LogP contribution in [-0.4, -0.2) is 16.7 Å². The van der Waals surface area contributed by atoms with Crippen LogP contribution in [0.15, 0.2) is 4.52 Å². The minimum Gasteiger partial charge on any atom is -0.370 e. The van der Waals surface area contributed by atoms with Crippen molar-refractivity contribution in [3.8, 4) is 0 Å². The van der Waals surface area contributed by atoms with E-state index in [1.807, 2.05) is 13.8 Å². The molecule has 0 radical (unpaired) electrons. The molecule has 0 bridgehead atoms. The Hall–Kier alpha value is -0.610. The molecule has 0 aliphatic heterocycles. The van der Waals surface area contributed by atoms with Crippen LogP contribution >= 0.6 is 11.6 Å². The third-order valence-electron chi connectivity index (χ3n) is 1.82.